The molecule has 0 heterocycles. The quantitative estimate of drug-likeness (QED) is 0.859. The molecule has 0 spiro atoms. The predicted octanol–water partition coefficient (Wildman–Crippen LogP) is 4.53. The van der Waals surface area contributed by atoms with Crippen molar-refractivity contribution in [1.29, 1.82) is 0 Å². The number of rotatable bonds is 4. The van der Waals surface area contributed by atoms with Crippen LogP contribution in [0, 0.1) is 5.92 Å². The van der Waals surface area contributed by atoms with Crippen molar-refractivity contribution >= 4 is 15.9 Å². The minimum Gasteiger partial charge on any atom is -0.313 e. The summed E-state index contributed by atoms with van der Waals surface area (Å²) >= 11 is 3.10. The van der Waals surface area contributed by atoms with Gasteiger partial charge in [0.25, 0.3) is 0 Å². The van der Waals surface area contributed by atoms with Crippen LogP contribution in [0.4, 0.5) is 13.2 Å². The van der Waals surface area contributed by atoms with Crippen molar-refractivity contribution in [3.05, 3.63) is 33.8 Å². The zero-order chi connectivity index (χ0) is 13.3. The number of benzene rings is 1. The summed E-state index contributed by atoms with van der Waals surface area (Å²) < 4.78 is 39.5. The fourth-order valence-corrected chi connectivity index (χ4v) is 2.53. The van der Waals surface area contributed by atoms with Crippen molar-refractivity contribution in [3.63, 3.8) is 0 Å². The molecule has 1 nitrogen and oxygen atoms in total. The SMILES string of the molecule is CNC(CC1CC1)c1ccc(Br)cc1C(F)(F)F. The Kier molecular flexibility index (Phi) is 4.02. The summed E-state index contributed by atoms with van der Waals surface area (Å²) in [5.41, 5.74) is -0.197. The Morgan fingerprint density at radius 3 is 2.56 bits per heavy atom. The number of hydrogen-bond donors (Lipinski definition) is 1. The van der Waals surface area contributed by atoms with Gasteiger partial charge in [-0.15, -0.1) is 0 Å². The normalized spacial score (nSPS) is 17.8. The van der Waals surface area contributed by atoms with Gasteiger partial charge >= 0.3 is 6.18 Å². The molecule has 0 aliphatic heterocycles. The van der Waals surface area contributed by atoms with Crippen LogP contribution in [0.3, 0.4) is 0 Å². The molecule has 0 amide bonds. The fraction of sp³-hybridized carbons (Fsp3) is 0.538. The smallest absolute Gasteiger partial charge is 0.313 e. The van der Waals surface area contributed by atoms with Crippen molar-refractivity contribution in [3.8, 4) is 0 Å². The predicted molar refractivity (Wildman–Crippen MR) is 68.3 cm³/mol. The molecule has 0 radical (unpaired) electrons. The van der Waals surface area contributed by atoms with Gasteiger partial charge in [0.15, 0.2) is 0 Å². The molecule has 0 bridgehead atoms. The van der Waals surface area contributed by atoms with E-state index in [4.69, 9.17) is 0 Å². The Labute approximate surface area is 113 Å². The molecule has 1 N–H and O–H groups in total. The summed E-state index contributed by atoms with van der Waals surface area (Å²) in [5, 5.41) is 3.01. The first-order valence-corrected chi connectivity index (χ1v) is 6.75. The first-order valence-electron chi connectivity index (χ1n) is 5.95. The Bertz CT molecular complexity index is 427. The molecule has 1 unspecified atom stereocenters. The average molecular weight is 322 g/mol. The maximum Gasteiger partial charge on any atom is 0.416 e. The van der Waals surface area contributed by atoms with Crippen LogP contribution in [-0.2, 0) is 6.18 Å². The van der Waals surface area contributed by atoms with Crippen LogP contribution in [0.2, 0.25) is 0 Å². The highest BCUT2D eigenvalue weighted by atomic mass is 79.9. The van der Waals surface area contributed by atoms with Gasteiger partial charge in [-0.1, -0.05) is 34.8 Å². The number of alkyl halides is 3. The minimum absolute atomic E-state index is 0.220. The molecule has 1 aromatic carbocycles. The largest absolute Gasteiger partial charge is 0.416 e. The highest BCUT2D eigenvalue weighted by molar-refractivity contribution is 9.10. The second kappa shape index (κ2) is 5.21. The van der Waals surface area contributed by atoms with Gasteiger partial charge in [-0.3, -0.25) is 0 Å². The Balaban J connectivity index is 2.34. The van der Waals surface area contributed by atoms with Crippen molar-refractivity contribution < 1.29 is 13.2 Å². The van der Waals surface area contributed by atoms with Crippen molar-refractivity contribution in [2.75, 3.05) is 7.05 Å². The number of halogens is 4. The Morgan fingerprint density at radius 2 is 2.06 bits per heavy atom. The van der Waals surface area contributed by atoms with Crippen molar-refractivity contribution in [1.82, 2.24) is 5.32 Å². The topological polar surface area (TPSA) is 12.0 Å². The van der Waals surface area contributed by atoms with E-state index in [2.05, 4.69) is 21.2 Å². The molecule has 1 aliphatic carbocycles. The third kappa shape index (κ3) is 3.26. The zero-order valence-electron chi connectivity index (χ0n) is 10.0. The van der Waals surface area contributed by atoms with Crippen LogP contribution in [0.1, 0.15) is 36.4 Å². The summed E-state index contributed by atoms with van der Waals surface area (Å²) in [6.45, 7) is 0. The summed E-state index contributed by atoms with van der Waals surface area (Å²) in [4.78, 5) is 0. The van der Waals surface area contributed by atoms with Crippen LogP contribution in [0.25, 0.3) is 0 Å². The lowest BCUT2D eigenvalue weighted by Gasteiger charge is -2.21. The summed E-state index contributed by atoms with van der Waals surface area (Å²) in [7, 11) is 1.72. The van der Waals surface area contributed by atoms with E-state index in [0.29, 0.717) is 16.0 Å². The summed E-state index contributed by atoms with van der Waals surface area (Å²) in [6.07, 6.45) is -1.26. The first-order chi connectivity index (χ1) is 8.41. The lowest BCUT2D eigenvalue weighted by molar-refractivity contribution is -0.138. The average Bonchev–Trinajstić information content (AvgIpc) is 3.09. The zero-order valence-corrected chi connectivity index (χ0v) is 11.6. The third-order valence-electron chi connectivity index (χ3n) is 3.31. The van der Waals surface area contributed by atoms with Gasteiger partial charge in [-0.25, -0.2) is 0 Å². The van der Waals surface area contributed by atoms with E-state index >= 15 is 0 Å². The molecule has 18 heavy (non-hydrogen) atoms. The Morgan fingerprint density at radius 1 is 1.39 bits per heavy atom. The van der Waals surface area contributed by atoms with Crippen LogP contribution >= 0.6 is 15.9 Å². The molecule has 0 aromatic heterocycles. The second-order valence-electron chi connectivity index (χ2n) is 4.75. The summed E-state index contributed by atoms with van der Waals surface area (Å²) in [5.74, 6) is 0.576. The van der Waals surface area contributed by atoms with Gasteiger partial charge in [0.1, 0.15) is 0 Å². The van der Waals surface area contributed by atoms with E-state index in [1.807, 2.05) is 0 Å². The molecule has 5 heteroatoms. The van der Waals surface area contributed by atoms with Gasteiger partial charge in [-0.05, 0) is 37.1 Å². The van der Waals surface area contributed by atoms with Crippen LogP contribution in [-0.4, -0.2) is 7.05 Å². The minimum atomic E-state index is -4.31. The third-order valence-corrected chi connectivity index (χ3v) is 3.80. The lowest BCUT2D eigenvalue weighted by Crippen LogP contribution is -2.21. The molecular formula is C13H15BrF3N. The van der Waals surface area contributed by atoms with E-state index < -0.39 is 11.7 Å². The molecular weight excluding hydrogens is 307 g/mol. The molecule has 1 atom stereocenters. The molecule has 1 saturated carbocycles. The summed E-state index contributed by atoms with van der Waals surface area (Å²) in [6, 6.07) is 4.17. The molecule has 0 saturated heterocycles. The second-order valence-corrected chi connectivity index (χ2v) is 5.67. The van der Waals surface area contributed by atoms with Crippen LogP contribution < -0.4 is 5.32 Å². The van der Waals surface area contributed by atoms with E-state index in [9.17, 15) is 13.2 Å². The van der Waals surface area contributed by atoms with Gasteiger partial charge in [0, 0.05) is 10.5 Å². The maximum absolute atomic E-state index is 13.0. The van der Waals surface area contributed by atoms with Gasteiger partial charge in [0.05, 0.1) is 5.56 Å². The van der Waals surface area contributed by atoms with Crippen molar-refractivity contribution in [2.45, 2.75) is 31.5 Å². The van der Waals surface area contributed by atoms with Crippen LogP contribution in [0.15, 0.2) is 22.7 Å². The molecule has 1 aromatic rings. The molecule has 100 valence electrons. The lowest BCUT2D eigenvalue weighted by atomic mass is 9.96. The molecule has 1 fully saturated rings. The fourth-order valence-electron chi connectivity index (χ4n) is 2.17. The van der Waals surface area contributed by atoms with Crippen molar-refractivity contribution in [2.24, 2.45) is 5.92 Å². The van der Waals surface area contributed by atoms with E-state index in [1.165, 1.54) is 0 Å². The standard InChI is InChI=1S/C13H15BrF3N/c1-18-12(6-8-2-3-8)10-5-4-9(14)7-11(10)13(15,16)17/h4-5,7-8,12,18H,2-3,6H2,1H3. The highest BCUT2D eigenvalue weighted by Crippen LogP contribution is 2.41. The Hall–Kier alpha value is -0.550. The van der Waals surface area contributed by atoms with E-state index in [0.717, 1.165) is 25.3 Å². The number of hydrogen-bond acceptors (Lipinski definition) is 1. The highest BCUT2D eigenvalue weighted by Gasteiger charge is 2.36. The van der Waals surface area contributed by atoms with E-state index in [-0.39, 0.29) is 6.04 Å². The van der Waals surface area contributed by atoms with E-state index in [1.54, 1.807) is 19.2 Å². The maximum atomic E-state index is 13.0. The molecule has 2 rings (SSSR count). The van der Waals surface area contributed by atoms with Gasteiger partial charge in [0.2, 0.25) is 0 Å². The monoisotopic (exact) mass is 321 g/mol. The first kappa shape index (κ1) is 13.9. The van der Waals surface area contributed by atoms with Crippen LogP contribution in [0.5, 0.6) is 0 Å². The molecule has 1 aliphatic rings. The van der Waals surface area contributed by atoms with Gasteiger partial charge in [-0.2, -0.15) is 13.2 Å². The number of nitrogens with one attached hydrogen (secondary N) is 1. The van der Waals surface area contributed by atoms with Gasteiger partial charge < -0.3 is 5.32 Å².